The maximum absolute atomic E-state index is 12.3. The van der Waals surface area contributed by atoms with E-state index in [1.807, 2.05) is 18.2 Å². The Hall–Kier alpha value is -2.99. The van der Waals surface area contributed by atoms with Crippen molar-refractivity contribution in [1.82, 2.24) is 4.98 Å². The molecule has 0 fully saturated rings. The number of oxazole rings is 1. The van der Waals surface area contributed by atoms with Crippen LogP contribution in [0.2, 0.25) is 5.02 Å². The molecule has 1 aliphatic heterocycles. The van der Waals surface area contributed by atoms with Gasteiger partial charge in [0.2, 0.25) is 18.6 Å². The number of amides is 1. The van der Waals surface area contributed by atoms with Gasteiger partial charge in [0.25, 0.3) is 0 Å². The number of ether oxygens (including phenoxy) is 2. The summed E-state index contributed by atoms with van der Waals surface area (Å²) in [6, 6.07) is 12.4. The first-order valence-corrected chi connectivity index (χ1v) is 8.38. The van der Waals surface area contributed by atoms with Crippen molar-refractivity contribution in [2.45, 2.75) is 13.3 Å². The van der Waals surface area contributed by atoms with Gasteiger partial charge in [0.15, 0.2) is 11.5 Å². The van der Waals surface area contributed by atoms with Crippen molar-refractivity contribution < 1.29 is 18.7 Å². The zero-order valence-electron chi connectivity index (χ0n) is 13.9. The fourth-order valence-corrected chi connectivity index (χ4v) is 2.76. The van der Waals surface area contributed by atoms with Crippen molar-refractivity contribution in [3.05, 3.63) is 58.9 Å². The summed E-state index contributed by atoms with van der Waals surface area (Å²) in [6.07, 6.45) is 0.114. The number of fused-ring (bicyclic) bond motifs is 1. The molecule has 0 saturated carbocycles. The fourth-order valence-electron chi connectivity index (χ4n) is 2.64. The number of hydrogen-bond donors (Lipinski definition) is 1. The average Bonchev–Trinajstić information content (AvgIpc) is 3.23. The molecule has 1 amide bonds. The molecule has 1 aliphatic rings. The Labute approximate surface area is 154 Å². The molecule has 1 aromatic heterocycles. The van der Waals surface area contributed by atoms with Crippen molar-refractivity contribution in [2.75, 3.05) is 12.1 Å². The SMILES string of the molecule is Cc1oc(-c2ccc3c(c2)OCO3)nc1CC(=O)Nc1ccc(Cl)cc1. The second-order valence-corrected chi connectivity index (χ2v) is 6.26. The molecule has 0 aliphatic carbocycles. The third-order valence-corrected chi connectivity index (χ3v) is 4.22. The van der Waals surface area contributed by atoms with Crippen LogP contribution < -0.4 is 14.8 Å². The zero-order chi connectivity index (χ0) is 18.1. The molecule has 0 unspecified atom stereocenters. The Morgan fingerprint density at radius 3 is 2.73 bits per heavy atom. The molecular formula is C19H15ClN2O4. The quantitative estimate of drug-likeness (QED) is 0.744. The second kappa shape index (κ2) is 6.72. The molecule has 3 aromatic rings. The highest BCUT2D eigenvalue weighted by molar-refractivity contribution is 6.30. The van der Waals surface area contributed by atoms with Crippen molar-refractivity contribution >= 4 is 23.2 Å². The van der Waals surface area contributed by atoms with E-state index in [-0.39, 0.29) is 19.1 Å². The van der Waals surface area contributed by atoms with Gasteiger partial charge < -0.3 is 19.2 Å². The number of hydrogen-bond acceptors (Lipinski definition) is 5. The Balaban J connectivity index is 1.49. The molecular weight excluding hydrogens is 356 g/mol. The number of halogens is 1. The number of nitrogens with zero attached hydrogens (tertiary/aromatic N) is 1. The molecule has 4 rings (SSSR count). The lowest BCUT2D eigenvalue weighted by atomic mass is 10.2. The topological polar surface area (TPSA) is 73.6 Å². The monoisotopic (exact) mass is 370 g/mol. The van der Waals surface area contributed by atoms with Gasteiger partial charge in [0, 0.05) is 16.3 Å². The van der Waals surface area contributed by atoms with Crippen LogP contribution in [0, 0.1) is 6.92 Å². The molecule has 6 nitrogen and oxygen atoms in total. The number of carbonyl (C=O) groups is 1. The van der Waals surface area contributed by atoms with Gasteiger partial charge in [0.05, 0.1) is 12.1 Å². The predicted octanol–water partition coefficient (Wildman–Crippen LogP) is 4.21. The van der Waals surface area contributed by atoms with E-state index < -0.39 is 0 Å². The highest BCUT2D eigenvalue weighted by atomic mass is 35.5. The van der Waals surface area contributed by atoms with Crippen molar-refractivity contribution in [3.63, 3.8) is 0 Å². The molecule has 0 bridgehead atoms. The van der Waals surface area contributed by atoms with E-state index in [2.05, 4.69) is 10.3 Å². The highest BCUT2D eigenvalue weighted by Gasteiger charge is 2.18. The van der Waals surface area contributed by atoms with Gasteiger partial charge in [-0.15, -0.1) is 0 Å². The number of aryl methyl sites for hydroxylation is 1. The first-order valence-electron chi connectivity index (χ1n) is 8.00. The molecule has 1 N–H and O–H groups in total. The third kappa shape index (κ3) is 3.36. The first-order chi connectivity index (χ1) is 12.6. The van der Waals surface area contributed by atoms with Crippen LogP contribution in [0.3, 0.4) is 0 Å². The summed E-state index contributed by atoms with van der Waals surface area (Å²) >= 11 is 5.84. The van der Waals surface area contributed by atoms with Gasteiger partial charge in [-0.25, -0.2) is 4.98 Å². The van der Waals surface area contributed by atoms with Crippen LogP contribution in [0.5, 0.6) is 11.5 Å². The summed E-state index contributed by atoms with van der Waals surface area (Å²) in [5.41, 5.74) is 2.03. The molecule has 0 radical (unpaired) electrons. The Morgan fingerprint density at radius 1 is 1.15 bits per heavy atom. The van der Waals surface area contributed by atoms with E-state index >= 15 is 0 Å². The van der Waals surface area contributed by atoms with E-state index in [0.717, 1.165) is 5.56 Å². The number of aromatic nitrogens is 1. The van der Waals surface area contributed by atoms with Gasteiger partial charge in [-0.3, -0.25) is 4.79 Å². The van der Waals surface area contributed by atoms with E-state index in [1.54, 1.807) is 31.2 Å². The van der Waals surface area contributed by atoms with Crippen LogP contribution in [0.15, 0.2) is 46.9 Å². The van der Waals surface area contributed by atoms with Gasteiger partial charge in [0.1, 0.15) is 5.76 Å². The Kier molecular flexibility index (Phi) is 4.26. The summed E-state index contributed by atoms with van der Waals surface area (Å²) in [4.78, 5) is 16.7. The number of benzene rings is 2. The summed E-state index contributed by atoms with van der Waals surface area (Å²) in [7, 11) is 0. The molecule has 2 aromatic carbocycles. The molecule has 2 heterocycles. The number of carbonyl (C=O) groups excluding carboxylic acids is 1. The van der Waals surface area contributed by atoms with Crippen molar-refractivity contribution in [3.8, 4) is 23.0 Å². The minimum Gasteiger partial charge on any atom is -0.454 e. The Morgan fingerprint density at radius 2 is 1.92 bits per heavy atom. The number of nitrogens with one attached hydrogen (secondary N) is 1. The first kappa shape index (κ1) is 16.5. The molecule has 0 spiro atoms. The van der Waals surface area contributed by atoms with E-state index in [9.17, 15) is 4.79 Å². The van der Waals surface area contributed by atoms with E-state index in [0.29, 0.717) is 39.6 Å². The molecule has 0 saturated heterocycles. The summed E-state index contributed by atoms with van der Waals surface area (Å²) in [5.74, 6) is 2.21. The maximum atomic E-state index is 12.3. The normalized spacial score (nSPS) is 12.2. The minimum atomic E-state index is -0.180. The van der Waals surface area contributed by atoms with Crippen LogP contribution >= 0.6 is 11.6 Å². The molecule has 26 heavy (non-hydrogen) atoms. The molecule has 0 atom stereocenters. The van der Waals surface area contributed by atoms with Crippen LogP contribution in [0.4, 0.5) is 5.69 Å². The van der Waals surface area contributed by atoms with Crippen LogP contribution in [-0.2, 0) is 11.2 Å². The van der Waals surface area contributed by atoms with Gasteiger partial charge >= 0.3 is 0 Å². The maximum Gasteiger partial charge on any atom is 0.231 e. The van der Waals surface area contributed by atoms with E-state index in [1.165, 1.54) is 0 Å². The lowest BCUT2D eigenvalue weighted by molar-refractivity contribution is -0.115. The summed E-state index contributed by atoms with van der Waals surface area (Å²) in [5, 5.41) is 3.43. The number of rotatable bonds is 4. The third-order valence-electron chi connectivity index (χ3n) is 3.97. The highest BCUT2D eigenvalue weighted by Crippen LogP contribution is 2.36. The van der Waals surface area contributed by atoms with Crippen LogP contribution in [0.1, 0.15) is 11.5 Å². The van der Waals surface area contributed by atoms with Crippen molar-refractivity contribution in [1.29, 1.82) is 0 Å². The number of anilines is 1. The van der Waals surface area contributed by atoms with Gasteiger partial charge in [-0.1, -0.05) is 11.6 Å². The summed E-state index contributed by atoms with van der Waals surface area (Å²) < 4.78 is 16.4. The van der Waals surface area contributed by atoms with Gasteiger partial charge in [-0.05, 0) is 49.4 Å². The fraction of sp³-hybridized carbons (Fsp3) is 0.158. The second-order valence-electron chi connectivity index (χ2n) is 5.82. The predicted molar refractivity (Wildman–Crippen MR) is 96.6 cm³/mol. The lowest BCUT2D eigenvalue weighted by Crippen LogP contribution is -2.15. The Bertz CT molecular complexity index is 966. The minimum absolute atomic E-state index is 0.114. The molecule has 132 valence electrons. The lowest BCUT2D eigenvalue weighted by Gasteiger charge is -2.04. The van der Waals surface area contributed by atoms with Crippen molar-refractivity contribution in [2.24, 2.45) is 0 Å². The van der Waals surface area contributed by atoms with Gasteiger partial charge in [-0.2, -0.15) is 0 Å². The standard InChI is InChI=1S/C19H15ClN2O4/c1-11-15(9-18(23)21-14-5-3-13(20)4-6-14)22-19(26-11)12-2-7-16-17(8-12)25-10-24-16/h2-8H,9-10H2,1H3,(H,21,23). The smallest absolute Gasteiger partial charge is 0.231 e. The average molecular weight is 371 g/mol. The van der Waals surface area contributed by atoms with Crippen LogP contribution in [0.25, 0.3) is 11.5 Å². The van der Waals surface area contributed by atoms with E-state index in [4.69, 9.17) is 25.5 Å². The zero-order valence-corrected chi connectivity index (χ0v) is 14.7. The molecule has 7 heteroatoms. The summed E-state index contributed by atoms with van der Waals surface area (Å²) in [6.45, 7) is 1.99. The largest absolute Gasteiger partial charge is 0.454 e. The van der Waals surface area contributed by atoms with Crippen LogP contribution in [-0.4, -0.2) is 17.7 Å².